The molecule has 0 aliphatic heterocycles. The molecule has 4 heteroatoms. The SMILES string of the molecule is Cc1cc(C[O])cc(S(C)(=O)=O)c1. The Morgan fingerprint density at radius 1 is 1.23 bits per heavy atom. The van der Waals surface area contributed by atoms with Crippen molar-refractivity contribution >= 4 is 9.84 Å². The number of hydrogen-bond acceptors (Lipinski definition) is 2. The Kier molecular flexibility index (Phi) is 2.73. The van der Waals surface area contributed by atoms with E-state index in [4.69, 9.17) is 0 Å². The molecule has 0 spiro atoms. The van der Waals surface area contributed by atoms with E-state index < -0.39 is 9.84 Å². The molecule has 0 aliphatic rings. The molecule has 0 saturated carbocycles. The van der Waals surface area contributed by atoms with Gasteiger partial charge in [-0.15, -0.1) is 0 Å². The third kappa shape index (κ3) is 2.54. The van der Waals surface area contributed by atoms with Gasteiger partial charge in [0.15, 0.2) is 9.84 Å². The summed E-state index contributed by atoms with van der Waals surface area (Å²) in [4.78, 5) is 0.221. The smallest absolute Gasteiger partial charge is 0.175 e. The fourth-order valence-electron chi connectivity index (χ4n) is 1.12. The van der Waals surface area contributed by atoms with Gasteiger partial charge in [-0.1, -0.05) is 6.07 Å². The fourth-order valence-corrected chi connectivity index (χ4v) is 1.89. The second-order valence-electron chi connectivity index (χ2n) is 3.07. The highest BCUT2D eigenvalue weighted by atomic mass is 32.2. The third-order valence-corrected chi connectivity index (χ3v) is 2.80. The minimum atomic E-state index is -3.20. The summed E-state index contributed by atoms with van der Waals surface area (Å²) in [5, 5.41) is 10.6. The van der Waals surface area contributed by atoms with E-state index in [1.165, 1.54) is 6.07 Å². The Bertz CT molecular complexity index is 407. The van der Waals surface area contributed by atoms with Crippen LogP contribution in [0.15, 0.2) is 23.1 Å². The maximum atomic E-state index is 11.2. The van der Waals surface area contributed by atoms with Crippen molar-refractivity contribution in [3.05, 3.63) is 29.3 Å². The van der Waals surface area contributed by atoms with E-state index in [2.05, 4.69) is 0 Å². The van der Waals surface area contributed by atoms with E-state index >= 15 is 0 Å². The van der Waals surface area contributed by atoms with E-state index in [1.54, 1.807) is 19.1 Å². The predicted octanol–water partition coefficient (Wildman–Crippen LogP) is 1.33. The van der Waals surface area contributed by atoms with E-state index in [9.17, 15) is 13.5 Å². The molecule has 1 aromatic rings. The summed E-state index contributed by atoms with van der Waals surface area (Å²) in [6.07, 6.45) is 1.14. The van der Waals surface area contributed by atoms with Crippen molar-refractivity contribution in [3.63, 3.8) is 0 Å². The first-order valence-corrected chi connectivity index (χ1v) is 5.71. The first-order chi connectivity index (χ1) is 5.93. The number of rotatable bonds is 2. The topological polar surface area (TPSA) is 54.0 Å². The van der Waals surface area contributed by atoms with Gasteiger partial charge in [-0.05, 0) is 30.2 Å². The molecule has 0 unspecified atom stereocenters. The summed E-state index contributed by atoms with van der Waals surface area (Å²) < 4.78 is 22.3. The van der Waals surface area contributed by atoms with Crippen LogP contribution in [0.1, 0.15) is 11.1 Å². The standard InChI is InChI=1S/C9H11O3S/c1-7-3-8(6-10)5-9(4-7)13(2,11)12/h3-5H,6H2,1-2H3. The van der Waals surface area contributed by atoms with Crippen LogP contribution < -0.4 is 0 Å². The Hall–Kier alpha value is -0.870. The summed E-state index contributed by atoms with van der Waals surface area (Å²) >= 11 is 0. The fraction of sp³-hybridized carbons (Fsp3) is 0.333. The van der Waals surface area contributed by atoms with Crippen LogP contribution in [0, 0.1) is 6.92 Å². The van der Waals surface area contributed by atoms with Gasteiger partial charge in [0, 0.05) is 6.26 Å². The highest BCUT2D eigenvalue weighted by Crippen LogP contribution is 2.14. The second-order valence-corrected chi connectivity index (χ2v) is 5.09. The largest absolute Gasteiger partial charge is 0.232 e. The molecule has 1 rings (SSSR count). The number of aryl methyl sites for hydroxylation is 1. The minimum Gasteiger partial charge on any atom is -0.232 e. The van der Waals surface area contributed by atoms with Gasteiger partial charge in [0.25, 0.3) is 0 Å². The van der Waals surface area contributed by atoms with E-state index in [0.717, 1.165) is 11.8 Å². The molecule has 0 bridgehead atoms. The van der Waals surface area contributed by atoms with Crippen molar-refractivity contribution < 1.29 is 13.5 Å². The third-order valence-electron chi connectivity index (χ3n) is 1.71. The first-order valence-electron chi connectivity index (χ1n) is 3.82. The Morgan fingerprint density at radius 2 is 1.85 bits per heavy atom. The molecular weight excluding hydrogens is 188 g/mol. The zero-order chi connectivity index (χ0) is 10.1. The van der Waals surface area contributed by atoms with Crippen LogP contribution in [0.25, 0.3) is 0 Å². The summed E-state index contributed by atoms with van der Waals surface area (Å²) in [5.41, 5.74) is 1.31. The van der Waals surface area contributed by atoms with Gasteiger partial charge in [0.2, 0.25) is 0 Å². The van der Waals surface area contributed by atoms with Gasteiger partial charge in [-0.3, -0.25) is 0 Å². The van der Waals surface area contributed by atoms with Crippen molar-refractivity contribution in [2.24, 2.45) is 0 Å². The summed E-state index contributed by atoms with van der Waals surface area (Å²) in [6.45, 7) is 1.39. The van der Waals surface area contributed by atoms with Gasteiger partial charge in [0.05, 0.1) is 4.90 Å². The van der Waals surface area contributed by atoms with Gasteiger partial charge < -0.3 is 0 Å². The van der Waals surface area contributed by atoms with Crippen LogP contribution in [-0.2, 0) is 21.6 Å². The number of benzene rings is 1. The highest BCUT2D eigenvalue weighted by molar-refractivity contribution is 7.90. The van der Waals surface area contributed by atoms with Gasteiger partial charge in [-0.2, -0.15) is 0 Å². The molecule has 1 radical (unpaired) electrons. The lowest BCUT2D eigenvalue weighted by Gasteiger charge is -2.02. The molecule has 13 heavy (non-hydrogen) atoms. The zero-order valence-corrected chi connectivity index (χ0v) is 8.39. The lowest BCUT2D eigenvalue weighted by Crippen LogP contribution is -1.99. The van der Waals surface area contributed by atoms with Crippen molar-refractivity contribution in [1.82, 2.24) is 0 Å². The molecule has 0 amide bonds. The van der Waals surface area contributed by atoms with Crippen molar-refractivity contribution in [1.29, 1.82) is 0 Å². The van der Waals surface area contributed by atoms with Crippen LogP contribution in [-0.4, -0.2) is 14.7 Å². The molecule has 0 aliphatic carbocycles. The average Bonchev–Trinajstić information content (AvgIpc) is 2.01. The van der Waals surface area contributed by atoms with Gasteiger partial charge in [-0.25, -0.2) is 13.5 Å². The second kappa shape index (κ2) is 3.47. The lowest BCUT2D eigenvalue weighted by molar-refractivity contribution is 0.177. The summed E-state index contributed by atoms with van der Waals surface area (Å²) in [7, 11) is -3.20. The van der Waals surface area contributed by atoms with Crippen molar-refractivity contribution in [3.8, 4) is 0 Å². The first kappa shape index (κ1) is 10.2. The molecule has 3 nitrogen and oxygen atoms in total. The molecule has 0 fully saturated rings. The minimum absolute atomic E-state index is 0.221. The lowest BCUT2D eigenvalue weighted by atomic mass is 10.1. The Labute approximate surface area is 77.9 Å². The molecule has 1 aromatic carbocycles. The van der Waals surface area contributed by atoms with Crippen LogP contribution in [0.3, 0.4) is 0 Å². The molecule has 0 N–H and O–H groups in total. The highest BCUT2D eigenvalue weighted by Gasteiger charge is 2.08. The van der Waals surface area contributed by atoms with Gasteiger partial charge >= 0.3 is 0 Å². The monoisotopic (exact) mass is 199 g/mol. The van der Waals surface area contributed by atoms with Gasteiger partial charge in [0.1, 0.15) is 6.61 Å². The summed E-state index contributed by atoms with van der Waals surface area (Å²) in [5.74, 6) is 0. The molecule has 0 saturated heterocycles. The maximum absolute atomic E-state index is 11.2. The van der Waals surface area contributed by atoms with E-state index in [-0.39, 0.29) is 11.5 Å². The Morgan fingerprint density at radius 3 is 2.31 bits per heavy atom. The maximum Gasteiger partial charge on any atom is 0.175 e. The van der Waals surface area contributed by atoms with Crippen LogP contribution in [0.5, 0.6) is 0 Å². The quantitative estimate of drug-likeness (QED) is 0.721. The van der Waals surface area contributed by atoms with Crippen LogP contribution in [0.2, 0.25) is 0 Å². The normalized spacial score (nSPS) is 11.6. The molecule has 0 heterocycles. The Balaban J connectivity index is 3.33. The van der Waals surface area contributed by atoms with Crippen molar-refractivity contribution in [2.45, 2.75) is 18.4 Å². The summed E-state index contributed by atoms with van der Waals surface area (Å²) in [6, 6.07) is 4.69. The predicted molar refractivity (Wildman–Crippen MR) is 48.7 cm³/mol. The molecular formula is C9H11O3S. The zero-order valence-electron chi connectivity index (χ0n) is 7.57. The molecule has 0 atom stereocenters. The molecule has 71 valence electrons. The van der Waals surface area contributed by atoms with Crippen molar-refractivity contribution in [2.75, 3.05) is 6.26 Å². The van der Waals surface area contributed by atoms with Crippen LogP contribution in [0.4, 0.5) is 0 Å². The van der Waals surface area contributed by atoms with E-state index in [0.29, 0.717) is 5.56 Å². The number of sulfone groups is 1. The van der Waals surface area contributed by atoms with E-state index in [1.807, 2.05) is 0 Å². The number of hydrogen-bond donors (Lipinski definition) is 0. The molecule has 0 aromatic heterocycles. The average molecular weight is 199 g/mol. The van der Waals surface area contributed by atoms with Crippen LogP contribution >= 0.6 is 0 Å².